The normalized spacial score (nSPS) is 16.6. The van der Waals surface area contributed by atoms with E-state index in [1.807, 2.05) is 30.9 Å². The molecule has 154 valence electrons. The van der Waals surface area contributed by atoms with E-state index in [4.69, 9.17) is 5.26 Å². The minimum atomic E-state index is -0.881. The van der Waals surface area contributed by atoms with E-state index in [9.17, 15) is 14.7 Å². The van der Waals surface area contributed by atoms with E-state index in [1.165, 1.54) is 0 Å². The van der Waals surface area contributed by atoms with Gasteiger partial charge >= 0.3 is 5.97 Å². The number of hydrogen-bond donors (Lipinski definition) is 3. The van der Waals surface area contributed by atoms with Crippen LogP contribution in [0.1, 0.15) is 31.9 Å². The molecule has 1 amide bonds. The van der Waals surface area contributed by atoms with Crippen molar-refractivity contribution in [3.63, 3.8) is 0 Å². The van der Waals surface area contributed by atoms with Crippen molar-refractivity contribution in [2.45, 2.75) is 26.3 Å². The lowest BCUT2D eigenvalue weighted by Gasteiger charge is -2.37. The molecule has 1 atom stereocenters. The zero-order valence-electron chi connectivity index (χ0n) is 16.8. The third-order valence-corrected chi connectivity index (χ3v) is 5.35. The van der Waals surface area contributed by atoms with Crippen LogP contribution in [0.4, 0.5) is 5.69 Å². The Morgan fingerprint density at radius 1 is 1.28 bits per heavy atom. The van der Waals surface area contributed by atoms with Gasteiger partial charge in [0.1, 0.15) is 6.04 Å². The molecule has 29 heavy (non-hydrogen) atoms. The lowest BCUT2D eigenvalue weighted by Crippen LogP contribution is -2.49. The summed E-state index contributed by atoms with van der Waals surface area (Å²) in [4.78, 5) is 31.4. The zero-order valence-corrected chi connectivity index (χ0v) is 16.8. The van der Waals surface area contributed by atoms with Gasteiger partial charge in [-0.3, -0.25) is 19.4 Å². The van der Waals surface area contributed by atoms with Crippen LogP contribution in [0.15, 0.2) is 24.4 Å². The van der Waals surface area contributed by atoms with Gasteiger partial charge in [-0.2, -0.15) is 5.26 Å². The average Bonchev–Trinajstić information content (AvgIpc) is 3.10. The second kappa shape index (κ2) is 9.07. The summed E-state index contributed by atoms with van der Waals surface area (Å²) in [6, 6.07) is 6.91. The van der Waals surface area contributed by atoms with Gasteiger partial charge in [0.15, 0.2) is 0 Å². The number of aromatic amines is 1. The van der Waals surface area contributed by atoms with E-state index in [1.54, 1.807) is 12.3 Å². The molecule has 8 heteroatoms. The Hall–Kier alpha value is -2.89. The SMILES string of the molecule is CC(C)C(=O)Nc1ccc2c([C@H](C(=O)O)N3CCN(CCC#N)CC3)c[nH]c2c1. The van der Waals surface area contributed by atoms with E-state index >= 15 is 0 Å². The number of nitriles is 1. The molecule has 2 heterocycles. The molecule has 1 aromatic carbocycles. The first-order valence-electron chi connectivity index (χ1n) is 9.88. The number of H-pyrrole nitrogens is 1. The van der Waals surface area contributed by atoms with Crippen molar-refractivity contribution >= 4 is 28.5 Å². The highest BCUT2D eigenvalue weighted by Gasteiger charge is 2.32. The number of carboxylic acids is 1. The molecule has 3 N–H and O–H groups in total. The maximum atomic E-state index is 12.1. The summed E-state index contributed by atoms with van der Waals surface area (Å²) in [6.45, 7) is 7.16. The smallest absolute Gasteiger partial charge is 0.325 e. The van der Waals surface area contributed by atoms with Crippen LogP contribution >= 0.6 is 0 Å². The van der Waals surface area contributed by atoms with Gasteiger partial charge in [-0.25, -0.2) is 0 Å². The number of anilines is 1. The fraction of sp³-hybridized carbons (Fsp3) is 0.476. The molecular formula is C21H27N5O3. The molecule has 1 fully saturated rings. The number of amides is 1. The summed E-state index contributed by atoms with van der Waals surface area (Å²) in [5.74, 6) is -1.06. The lowest BCUT2D eigenvalue weighted by atomic mass is 10.0. The van der Waals surface area contributed by atoms with Gasteiger partial charge in [-0.05, 0) is 12.1 Å². The number of nitrogens with one attached hydrogen (secondary N) is 2. The molecule has 1 aliphatic heterocycles. The topological polar surface area (TPSA) is 112 Å². The molecular weight excluding hydrogens is 370 g/mol. The maximum Gasteiger partial charge on any atom is 0.325 e. The molecule has 1 saturated heterocycles. The molecule has 0 radical (unpaired) electrons. The third-order valence-electron chi connectivity index (χ3n) is 5.35. The number of aromatic nitrogens is 1. The molecule has 0 unspecified atom stereocenters. The molecule has 1 aliphatic rings. The van der Waals surface area contributed by atoms with Gasteiger partial charge in [0.05, 0.1) is 6.07 Å². The monoisotopic (exact) mass is 397 g/mol. The van der Waals surface area contributed by atoms with E-state index in [0.29, 0.717) is 25.2 Å². The Morgan fingerprint density at radius 3 is 2.62 bits per heavy atom. The van der Waals surface area contributed by atoms with E-state index in [-0.39, 0.29) is 11.8 Å². The fourth-order valence-electron chi connectivity index (χ4n) is 3.68. The Kier molecular flexibility index (Phi) is 6.52. The summed E-state index contributed by atoms with van der Waals surface area (Å²) >= 11 is 0. The molecule has 0 saturated carbocycles. The predicted octanol–water partition coefficient (Wildman–Crippen LogP) is 2.42. The van der Waals surface area contributed by atoms with Crippen molar-refractivity contribution < 1.29 is 14.7 Å². The number of benzene rings is 1. The minimum Gasteiger partial charge on any atom is -0.480 e. The van der Waals surface area contributed by atoms with Crippen LogP contribution in [0.2, 0.25) is 0 Å². The van der Waals surface area contributed by atoms with Crippen LogP contribution in [0.3, 0.4) is 0 Å². The number of hydrogen-bond acceptors (Lipinski definition) is 5. The summed E-state index contributed by atoms with van der Waals surface area (Å²) in [6.07, 6.45) is 2.24. The van der Waals surface area contributed by atoms with Crippen LogP contribution in [0.5, 0.6) is 0 Å². The predicted molar refractivity (Wildman–Crippen MR) is 110 cm³/mol. The number of fused-ring (bicyclic) bond motifs is 1. The van der Waals surface area contributed by atoms with E-state index in [0.717, 1.165) is 36.1 Å². The molecule has 2 aromatic rings. The second-order valence-electron chi connectivity index (χ2n) is 7.67. The van der Waals surface area contributed by atoms with Crippen molar-refractivity contribution in [3.05, 3.63) is 30.0 Å². The molecule has 0 bridgehead atoms. The Bertz CT molecular complexity index is 922. The van der Waals surface area contributed by atoms with E-state index in [2.05, 4.69) is 21.3 Å². The van der Waals surface area contributed by atoms with E-state index < -0.39 is 12.0 Å². The number of carbonyl (C=O) groups is 2. The molecule has 8 nitrogen and oxygen atoms in total. The molecule has 1 aromatic heterocycles. The average molecular weight is 397 g/mol. The number of piperazine rings is 1. The zero-order chi connectivity index (χ0) is 21.0. The number of rotatable bonds is 7. The second-order valence-corrected chi connectivity index (χ2v) is 7.67. The number of carbonyl (C=O) groups excluding carboxylic acids is 1. The van der Waals surface area contributed by atoms with Gasteiger partial charge in [-0.15, -0.1) is 0 Å². The third kappa shape index (κ3) is 4.75. The van der Waals surface area contributed by atoms with Gasteiger partial charge in [0, 0.05) is 73.4 Å². The Labute approximate surface area is 170 Å². The summed E-state index contributed by atoms with van der Waals surface area (Å²) in [5, 5.41) is 22.4. The minimum absolute atomic E-state index is 0.0613. The fourth-order valence-corrected chi connectivity index (χ4v) is 3.68. The quantitative estimate of drug-likeness (QED) is 0.661. The molecule has 0 aliphatic carbocycles. The van der Waals surface area contributed by atoms with Crippen molar-refractivity contribution in [2.75, 3.05) is 38.0 Å². The van der Waals surface area contributed by atoms with Crippen LogP contribution in [0.25, 0.3) is 10.9 Å². The molecule has 3 rings (SSSR count). The summed E-state index contributed by atoms with van der Waals surface area (Å²) < 4.78 is 0. The van der Waals surface area contributed by atoms with Crippen LogP contribution in [-0.2, 0) is 9.59 Å². The highest BCUT2D eigenvalue weighted by Crippen LogP contribution is 2.31. The first-order chi connectivity index (χ1) is 13.9. The van der Waals surface area contributed by atoms with Crippen LogP contribution in [0, 0.1) is 17.2 Å². The van der Waals surface area contributed by atoms with Crippen molar-refractivity contribution in [2.24, 2.45) is 5.92 Å². The van der Waals surface area contributed by atoms with Crippen LogP contribution < -0.4 is 5.32 Å². The first-order valence-corrected chi connectivity index (χ1v) is 9.88. The van der Waals surface area contributed by atoms with Crippen LogP contribution in [-0.4, -0.2) is 64.5 Å². The van der Waals surface area contributed by atoms with Gasteiger partial charge in [-0.1, -0.05) is 19.9 Å². The van der Waals surface area contributed by atoms with Crippen molar-refractivity contribution in [1.29, 1.82) is 5.26 Å². The lowest BCUT2D eigenvalue weighted by molar-refractivity contribution is -0.144. The highest BCUT2D eigenvalue weighted by atomic mass is 16.4. The standard InChI is InChI=1S/C21H27N5O3/c1-14(2)20(27)24-15-4-5-16-17(13-23-18(16)12-15)19(21(28)29)26-10-8-25(9-11-26)7-3-6-22/h4-5,12-14,19,23H,3,7-11H2,1-2H3,(H,24,27)(H,28,29)/t19-/m1/s1. The van der Waals surface area contributed by atoms with Gasteiger partial charge < -0.3 is 15.4 Å². The maximum absolute atomic E-state index is 12.1. The van der Waals surface area contributed by atoms with Gasteiger partial charge in [0.25, 0.3) is 0 Å². The van der Waals surface area contributed by atoms with Crippen molar-refractivity contribution in [3.8, 4) is 6.07 Å². The van der Waals surface area contributed by atoms with Gasteiger partial charge in [0.2, 0.25) is 5.91 Å². The highest BCUT2D eigenvalue weighted by molar-refractivity contribution is 5.96. The van der Waals surface area contributed by atoms with Crippen molar-refractivity contribution in [1.82, 2.24) is 14.8 Å². The number of nitrogens with zero attached hydrogens (tertiary/aromatic N) is 3. The number of carboxylic acid groups (broad SMARTS) is 1. The Morgan fingerprint density at radius 2 is 2.00 bits per heavy atom. The first kappa shape index (κ1) is 20.8. The summed E-state index contributed by atoms with van der Waals surface area (Å²) in [7, 11) is 0. The summed E-state index contributed by atoms with van der Waals surface area (Å²) in [5.41, 5.74) is 2.20. The number of aliphatic carboxylic acids is 1. The molecule has 0 spiro atoms. The largest absolute Gasteiger partial charge is 0.480 e. The Balaban J connectivity index is 1.79.